The smallest absolute Gasteiger partial charge is 0.235 e. The van der Waals surface area contributed by atoms with Gasteiger partial charge < -0.3 is 26.1 Å². The SMILES string of the molecule is CON=C(C)c1cc(CNCC(C)(C)C)c(O)c2c1C[C@@H]1C[C@@H]3[C@@H](N(C)C)C(=O)C(C(N)=O)C(=O)[C@]3(O)C(=O)C1C2=O. The van der Waals surface area contributed by atoms with Crippen molar-refractivity contribution in [2.75, 3.05) is 27.7 Å². The van der Waals surface area contributed by atoms with Gasteiger partial charge >= 0.3 is 0 Å². The normalized spacial score (nSPS) is 29.7. The fraction of sp³-hybridized carbons (Fsp3) is 0.600. The molecule has 0 bridgehead atoms. The number of nitrogens with one attached hydrogen (secondary N) is 1. The Morgan fingerprint density at radius 3 is 2.40 bits per heavy atom. The molecule has 3 aliphatic rings. The van der Waals surface area contributed by atoms with E-state index in [-0.39, 0.29) is 36.1 Å². The van der Waals surface area contributed by atoms with E-state index in [1.54, 1.807) is 27.1 Å². The molecule has 0 spiro atoms. The molecule has 2 unspecified atom stereocenters. The molecule has 5 N–H and O–H groups in total. The van der Waals surface area contributed by atoms with Crippen LogP contribution in [0.25, 0.3) is 0 Å². The summed E-state index contributed by atoms with van der Waals surface area (Å²) >= 11 is 0. The number of rotatable bonds is 7. The number of hydrogen-bond donors (Lipinski definition) is 4. The lowest BCUT2D eigenvalue weighted by atomic mass is 9.52. The fourth-order valence-corrected chi connectivity index (χ4v) is 6.94. The first-order valence-corrected chi connectivity index (χ1v) is 14.0. The third-order valence-electron chi connectivity index (χ3n) is 8.73. The summed E-state index contributed by atoms with van der Waals surface area (Å²) in [5.41, 5.74) is 4.39. The van der Waals surface area contributed by atoms with Crippen LogP contribution in [0.2, 0.25) is 0 Å². The molecule has 12 nitrogen and oxygen atoms in total. The Bertz CT molecular complexity index is 1390. The van der Waals surface area contributed by atoms with Gasteiger partial charge in [0.25, 0.3) is 0 Å². The van der Waals surface area contributed by atoms with Crippen molar-refractivity contribution in [2.45, 2.75) is 58.7 Å². The molecule has 12 heteroatoms. The van der Waals surface area contributed by atoms with Gasteiger partial charge in [0.15, 0.2) is 34.7 Å². The van der Waals surface area contributed by atoms with Gasteiger partial charge in [-0.05, 0) is 56.8 Å². The van der Waals surface area contributed by atoms with Gasteiger partial charge in [0.1, 0.15) is 12.9 Å². The number of primary amides is 1. The zero-order valence-corrected chi connectivity index (χ0v) is 25.1. The zero-order valence-electron chi connectivity index (χ0n) is 25.1. The third kappa shape index (κ3) is 4.95. The molecule has 4 rings (SSSR count). The van der Waals surface area contributed by atoms with Crippen molar-refractivity contribution < 1.29 is 39.0 Å². The Morgan fingerprint density at radius 1 is 1.21 bits per heavy atom. The predicted molar refractivity (Wildman–Crippen MR) is 152 cm³/mol. The first-order chi connectivity index (χ1) is 19.5. The number of carbonyl (C=O) groups is 5. The molecular formula is C30H40N4O8. The van der Waals surface area contributed by atoms with Gasteiger partial charge in [-0.25, -0.2) is 0 Å². The second kappa shape index (κ2) is 11.0. The summed E-state index contributed by atoms with van der Waals surface area (Å²) in [6, 6.07) is 0.580. The number of fused-ring (bicyclic) bond motifs is 3. The Labute approximate surface area is 244 Å². The van der Waals surface area contributed by atoms with Crippen molar-refractivity contribution >= 4 is 34.8 Å². The van der Waals surface area contributed by atoms with E-state index in [0.717, 1.165) is 0 Å². The van der Waals surface area contributed by atoms with Crippen LogP contribution in [0.3, 0.4) is 0 Å². The van der Waals surface area contributed by atoms with Crippen molar-refractivity contribution in [2.24, 2.45) is 40.0 Å². The number of nitrogens with two attached hydrogens (primary N) is 1. The molecule has 0 heterocycles. The lowest BCUT2D eigenvalue weighted by Crippen LogP contribution is -2.74. The zero-order chi connectivity index (χ0) is 31.5. The number of benzene rings is 1. The maximum Gasteiger partial charge on any atom is 0.235 e. The van der Waals surface area contributed by atoms with Crippen LogP contribution < -0.4 is 11.1 Å². The number of ketones is 4. The van der Waals surface area contributed by atoms with E-state index in [1.165, 1.54) is 12.0 Å². The van der Waals surface area contributed by atoms with Crippen molar-refractivity contribution in [1.82, 2.24) is 10.2 Å². The molecule has 0 aliphatic heterocycles. The number of phenolic OH excluding ortho intramolecular Hbond substituents is 1. The molecule has 3 aliphatic carbocycles. The van der Waals surface area contributed by atoms with E-state index >= 15 is 0 Å². The highest BCUT2D eigenvalue weighted by Crippen LogP contribution is 2.51. The molecule has 2 fully saturated rings. The van der Waals surface area contributed by atoms with Crippen molar-refractivity contribution in [3.8, 4) is 5.75 Å². The summed E-state index contributed by atoms with van der Waals surface area (Å²) in [7, 11) is 4.48. The van der Waals surface area contributed by atoms with E-state index in [0.29, 0.717) is 28.9 Å². The van der Waals surface area contributed by atoms with E-state index in [4.69, 9.17) is 10.6 Å². The topological polar surface area (TPSA) is 189 Å². The lowest BCUT2D eigenvalue weighted by molar-refractivity contribution is -0.181. The first-order valence-electron chi connectivity index (χ1n) is 14.0. The van der Waals surface area contributed by atoms with Crippen LogP contribution in [0.1, 0.15) is 61.2 Å². The molecular weight excluding hydrogens is 544 g/mol. The number of carbonyl (C=O) groups excluding carboxylic acids is 5. The molecule has 0 radical (unpaired) electrons. The maximum absolute atomic E-state index is 14.2. The number of nitrogens with zero attached hydrogens (tertiary/aromatic N) is 2. The minimum atomic E-state index is -2.77. The van der Waals surface area contributed by atoms with E-state index in [2.05, 4.69) is 10.5 Å². The number of oxime groups is 1. The monoisotopic (exact) mass is 584 g/mol. The quantitative estimate of drug-likeness (QED) is 0.198. The van der Waals surface area contributed by atoms with Crippen LogP contribution in [0.5, 0.6) is 5.75 Å². The van der Waals surface area contributed by atoms with Crippen molar-refractivity contribution in [1.29, 1.82) is 0 Å². The Kier molecular flexibility index (Phi) is 8.22. The van der Waals surface area contributed by atoms with Gasteiger partial charge in [-0.1, -0.05) is 25.9 Å². The molecule has 1 amide bonds. The molecule has 1 aromatic carbocycles. The summed E-state index contributed by atoms with van der Waals surface area (Å²) in [6.07, 6.45) is 0.112. The highest BCUT2D eigenvalue weighted by Gasteiger charge is 2.69. The van der Waals surface area contributed by atoms with Gasteiger partial charge in [0.2, 0.25) is 5.91 Å². The van der Waals surface area contributed by atoms with Gasteiger partial charge in [-0.3, -0.25) is 28.9 Å². The van der Waals surface area contributed by atoms with Crippen molar-refractivity contribution in [3.05, 3.63) is 28.3 Å². The highest BCUT2D eigenvalue weighted by atomic mass is 16.6. The number of Topliss-reactive ketones (excluding diaryl/α,β-unsaturated/α-hetero) is 4. The number of likely N-dealkylation sites (N-methyl/N-ethyl adjacent to an activating group) is 1. The number of hydrogen-bond acceptors (Lipinski definition) is 11. The Morgan fingerprint density at radius 2 is 1.86 bits per heavy atom. The van der Waals surface area contributed by atoms with Crippen LogP contribution in [0, 0.1) is 29.1 Å². The largest absolute Gasteiger partial charge is 0.507 e. The Hall–Kier alpha value is -3.48. The van der Waals surface area contributed by atoms with E-state index in [9.17, 15) is 34.2 Å². The molecule has 1 aromatic rings. The summed E-state index contributed by atoms with van der Waals surface area (Å²) in [5, 5.41) is 30.5. The van der Waals surface area contributed by atoms with Crippen LogP contribution in [-0.4, -0.2) is 89.3 Å². The average molecular weight is 585 g/mol. The van der Waals surface area contributed by atoms with Crippen LogP contribution in [0.15, 0.2) is 11.2 Å². The molecule has 2 saturated carbocycles. The summed E-state index contributed by atoms with van der Waals surface area (Å²) in [6.45, 7) is 8.68. The third-order valence-corrected chi connectivity index (χ3v) is 8.73. The minimum Gasteiger partial charge on any atom is -0.507 e. The van der Waals surface area contributed by atoms with Gasteiger partial charge in [0, 0.05) is 30.1 Å². The number of amides is 1. The standard InChI is InChI=1S/C30H40N4O8/c1-13(33-42-7)16-9-15(11-32-12-29(2,3)4)23(35)20-17(16)8-14-10-18-22(34(5)6)25(37)21(28(31)40)27(39)30(18,41)26(38)19(14)24(20)36/h9,14,18-19,21-22,32,35,41H,8,10-12H2,1-7H3,(H2,31,40)/t14-,18-,19?,21?,22-,30-/m1/s1. The highest BCUT2D eigenvalue weighted by molar-refractivity contribution is 6.32. The van der Waals surface area contributed by atoms with Gasteiger partial charge in [-0.15, -0.1) is 0 Å². The molecule has 228 valence electrons. The molecule has 42 heavy (non-hydrogen) atoms. The van der Waals surface area contributed by atoms with Crippen LogP contribution >= 0.6 is 0 Å². The first kappa shape index (κ1) is 31.5. The molecule has 0 saturated heterocycles. The lowest BCUT2D eigenvalue weighted by Gasteiger charge is -2.52. The van der Waals surface area contributed by atoms with Gasteiger partial charge in [0.05, 0.1) is 23.2 Å². The second-order valence-corrected chi connectivity index (χ2v) is 13.1. The number of aliphatic hydroxyl groups is 1. The molecule has 6 atom stereocenters. The minimum absolute atomic E-state index is 0.0283. The van der Waals surface area contributed by atoms with Crippen LogP contribution in [-0.2, 0) is 37.0 Å². The maximum atomic E-state index is 14.2. The fourth-order valence-electron chi connectivity index (χ4n) is 6.94. The van der Waals surface area contributed by atoms with Crippen molar-refractivity contribution in [3.63, 3.8) is 0 Å². The number of aromatic hydroxyl groups is 1. The molecule has 0 aromatic heterocycles. The summed E-state index contributed by atoms with van der Waals surface area (Å²) in [4.78, 5) is 73.6. The van der Waals surface area contributed by atoms with E-state index in [1.807, 2.05) is 20.8 Å². The average Bonchev–Trinajstić information content (AvgIpc) is 2.86. The van der Waals surface area contributed by atoms with E-state index < -0.39 is 64.4 Å². The second-order valence-electron chi connectivity index (χ2n) is 13.1. The predicted octanol–water partition coefficient (Wildman–Crippen LogP) is 0.373. The Balaban J connectivity index is 1.87. The van der Waals surface area contributed by atoms with Gasteiger partial charge in [-0.2, -0.15) is 0 Å². The summed E-state index contributed by atoms with van der Waals surface area (Å²) < 4.78 is 0. The van der Waals surface area contributed by atoms with Crippen LogP contribution in [0.4, 0.5) is 0 Å². The number of phenols is 1. The summed E-state index contributed by atoms with van der Waals surface area (Å²) in [5.74, 6) is -10.8.